The van der Waals surface area contributed by atoms with E-state index < -0.39 is 11.0 Å². The molecule has 0 radical (unpaired) electrons. The highest BCUT2D eigenvalue weighted by atomic mass is 16.6. The number of anilines is 1. The normalized spacial score (nSPS) is 11.6. The molecule has 0 amide bonds. The van der Waals surface area contributed by atoms with Crippen LogP contribution in [-0.4, -0.2) is 30.1 Å². The minimum absolute atomic E-state index is 0.110. The smallest absolute Gasteiger partial charge is 0.328 e. The van der Waals surface area contributed by atoms with Gasteiger partial charge in [-0.3, -0.25) is 10.1 Å². The fraction of sp³-hybridized carbons (Fsp3) is 0.462. The number of nitrogens with zero attached hydrogens (tertiary/aromatic N) is 1. The summed E-state index contributed by atoms with van der Waals surface area (Å²) in [6.07, 6.45) is 0. The van der Waals surface area contributed by atoms with E-state index in [2.05, 4.69) is 5.32 Å². The molecule has 1 unspecified atom stereocenters. The molecule has 7 heteroatoms. The Bertz CT molecular complexity index is 490. The van der Waals surface area contributed by atoms with Crippen LogP contribution in [0.1, 0.15) is 20.8 Å². The minimum atomic E-state index is -0.550. The van der Waals surface area contributed by atoms with Crippen molar-refractivity contribution < 1.29 is 19.2 Å². The molecule has 7 nitrogen and oxygen atoms in total. The van der Waals surface area contributed by atoms with Gasteiger partial charge in [0.1, 0.15) is 6.04 Å². The van der Waals surface area contributed by atoms with Crippen molar-refractivity contribution >= 4 is 17.3 Å². The molecule has 0 saturated heterocycles. The quantitative estimate of drug-likeness (QED) is 0.469. The summed E-state index contributed by atoms with van der Waals surface area (Å²) in [6.45, 7) is 5.74. The Morgan fingerprint density at radius 3 is 2.65 bits per heavy atom. The van der Waals surface area contributed by atoms with Crippen LogP contribution in [0.4, 0.5) is 11.4 Å². The van der Waals surface area contributed by atoms with E-state index in [0.717, 1.165) is 0 Å². The molecule has 0 fully saturated rings. The van der Waals surface area contributed by atoms with E-state index in [1.165, 1.54) is 18.2 Å². The van der Waals surface area contributed by atoms with Crippen molar-refractivity contribution in [2.24, 2.45) is 0 Å². The number of hydrogen-bond donors (Lipinski definition) is 1. The number of esters is 1. The lowest BCUT2D eigenvalue weighted by molar-refractivity contribution is -0.385. The summed E-state index contributed by atoms with van der Waals surface area (Å²) in [4.78, 5) is 21.9. The third-order valence-corrected chi connectivity index (χ3v) is 2.48. The number of nitrogens with one attached hydrogen (secondary N) is 1. The van der Waals surface area contributed by atoms with Crippen LogP contribution in [0, 0.1) is 10.1 Å². The van der Waals surface area contributed by atoms with E-state index in [9.17, 15) is 14.9 Å². The molecule has 0 aliphatic heterocycles. The Morgan fingerprint density at radius 1 is 1.40 bits per heavy atom. The fourth-order valence-corrected chi connectivity index (χ4v) is 1.60. The predicted molar refractivity (Wildman–Crippen MR) is 74.0 cm³/mol. The van der Waals surface area contributed by atoms with Gasteiger partial charge in [-0.25, -0.2) is 4.79 Å². The third-order valence-electron chi connectivity index (χ3n) is 2.48. The molecule has 110 valence electrons. The number of hydrogen-bond acceptors (Lipinski definition) is 6. The zero-order chi connectivity index (χ0) is 15.1. The highest BCUT2D eigenvalue weighted by Gasteiger charge is 2.18. The Kier molecular flexibility index (Phi) is 5.76. The molecule has 0 saturated carbocycles. The van der Waals surface area contributed by atoms with Gasteiger partial charge in [0, 0.05) is 17.8 Å². The fourth-order valence-electron chi connectivity index (χ4n) is 1.60. The van der Waals surface area contributed by atoms with Crippen LogP contribution in [0.25, 0.3) is 0 Å². The van der Waals surface area contributed by atoms with Gasteiger partial charge in [-0.2, -0.15) is 0 Å². The van der Waals surface area contributed by atoms with Gasteiger partial charge in [0.05, 0.1) is 18.1 Å². The highest BCUT2D eigenvalue weighted by Crippen LogP contribution is 2.30. The summed E-state index contributed by atoms with van der Waals surface area (Å²) in [5, 5.41) is 13.8. The monoisotopic (exact) mass is 282 g/mol. The molecule has 0 bridgehead atoms. The predicted octanol–water partition coefficient (Wildman–Crippen LogP) is 2.36. The molecule has 0 aliphatic carbocycles. The van der Waals surface area contributed by atoms with Crippen molar-refractivity contribution in [2.45, 2.75) is 26.8 Å². The first-order chi connectivity index (χ1) is 9.49. The maximum atomic E-state index is 11.5. The molecule has 1 atom stereocenters. The van der Waals surface area contributed by atoms with Crippen LogP contribution in [-0.2, 0) is 9.53 Å². The maximum Gasteiger partial charge on any atom is 0.328 e. The van der Waals surface area contributed by atoms with E-state index in [1.54, 1.807) is 20.8 Å². The second-order valence-electron chi connectivity index (χ2n) is 3.99. The van der Waals surface area contributed by atoms with Crippen molar-refractivity contribution in [3.63, 3.8) is 0 Å². The van der Waals surface area contributed by atoms with Crippen molar-refractivity contribution in [1.29, 1.82) is 0 Å². The summed E-state index contributed by atoms with van der Waals surface area (Å²) in [6, 6.07) is 3.81. The van der Waals surface area contributed by atoms with Gasteiger partial charge >= 0.3 is 11.7 Å². The summed E-state index contributed by atoms with van der Waals surface area (Å²) in [5.74, 6) is -0.220. The highest BCUT2D eigenvalue weighted by molar-refractivity contribution is 5.79. The standard InChI is InChI=1S/C13H18N2O5/c1-4-19-12-8-10(6-7-11(12)15(17)18)14-9(3)13(16)20-5-2/h6-9,14H,4-5H2,1-3H3. The molecule has 0 spiro atoms. The first-order valence-electron chi connectivity index (χ1n) is 6.34. The Balaban J connectivity index is 2.89. The number of benzene rings is 1. The van der Waals surface area contributed by atoms with E-state index in [1.807, 2.05) is 0 Å². The Morgan fingerprint density at radius 2 is 2.10 bits per heavy atom. The summed E-state index contributed by atoms with van der Waals surface area (Å²) >= 11 is 0. The number of nitro groups is 1. The zero-order valence-electron chi connectivity index (χ0n) is 11.7. The van der Waals surface area contributed by atoms with E-state index >= 15 is 0 Å². The first-order valence-corrected chi connectivity index (χ1v) is 6.34. The van der Waals surface area contributed by atoms with Gasteiger partial charge in [0.25, 0.3) is 0 Å². The minimum Gasteiger partial charge on any atom is -0.487 e. The van der Waals surface area contributed by atoms with E-state index in [0.29, 0.717) is 18.9 Å². The van der Waals surface area contributed by atoms with Crippen LogP contribution in [0.2, 0.25) is 0 Å². The first kappa shape index (κ1) is 15.7. The van der Waals surface area contributed by atoms with Gasteiger partial charge in [-0.15, -0.1) is 0 Å². The van der Waals surface area contributed by atoms with Crippen LogP contribution in [0.3, 0.4) is 0 Å². The largest absolute Gasteiger partial charge is 0.487 e. The van der Waals surface area contributed by atoms with E-state index in [4.69, 9.17) is 9.47 Å². The van der Waals surface area contributed by atoms with Gasteiger partial charge < -0.3 is 14.8 Å². The van der Waals surface area contributed by atoms with Gasteiger partial charge in [0.2, 0.25) is 0 Å². The lowest BCUT2D eigenvalue weighted by atomic mass is 10.2. The van der Waals surface area contributed by atoms with E-state index in [-0.39, 0.29) is 17.4 Å². The number of ether oxygens (including phenoxy) is 2. The molecule has 1 N–H and O–H groups in total. The summed E-state index contributed by atoms with van der Waals surface area (Å²) in [7, 11) is 0. The molecule has 0 aliphatic rings. The van der Waals surface area contributed by atoms with Crippen LogP contribution < -0.4 is 10.1 Å². The molecule has 1 rings (SSSR count). The average molecular weight is 282 g/mol. The third kappa shape index (κ3) is 4.11. The van der Waals surface area contributed by atoms with Crippen LogP contribution >= 0.6 is 0 Å². The number of rotatable bonds is 7. The summed E-state index contributed by atoms with van der Waals surface area (Å²) < 4.78 is 10.1. The maximum absolute atomic E-state index is 11.5. The van der Waals surface area contributed by atoms with Crippen LogP contribution in [0.5, 0.6) is 5.75 Å². The second kappa shape index (κ2) is 7.32. The number of nitro benzene ring substituents is 1. The van der Waals surface area contributed by atoms with Gasteiger partial charge in [-0.05, 0) is 26.8 Å². The van der Waals surface area contributed by atoms with Gasteiger partial charge in [0.15, 0.2) is 5.75 Å². The SMILES string of the molecule is CCOC(=O)C(C)Nc1ccc([N+](=O)[O-])c(OCC)c1. The van der Waals surface area contributed by atoms with Crippen molar-refractivity contribution in [3.8, 4) is 5.75 Å². The van der Waals surface area contributed by atoms with Crippen molar-refractivity contribution in [3.05, 3.63) is 28.3 Å². The average Bonchev–Trinajstić information content (AvgIpc) is 2.39. The zero-order valence-corrected chi connectivity index (χ0v) is 11.7. The molecule has 0 aromatic heterocycles. The molecule has 1 aromatic carbocycles. The van der Waals surface area contributed by atoms with Crippen LogP contribution in [0.15, 0.2) is 18.2 Å². The lowest BCUT2D eigenvalue weighted by Crippen LogP contribution is -2.28. The second-order valence-corrected chi connectivity index (χ2v) is 3.99. The number of carbonyl (C=O) groups excluding carboxylic acids is 1. The lowest BCUT2D eigenvalue weighted by Gasteiger charge is -2.14. The Hall–Kier alpha value is -2.31. The summed E-state index contributed by atoms with van der Waals surface area (Å²) in [5.41, 5.74) is 0.445. The van der Waals surface area contributed by atoms with Gasteiger partial charge in [-0.1, -0.05) is 0 Å². The number of carbonyl (C=O) groups is 1. The topological polar surface area (TPSA) is 90.7 Å². The molecule has 20 heavy (non-hydrogen) atoms. The molecular formula is C13H18N2O5. The van der Waals surface area contributed by atoms with Crippen molar-refractivity contribution in [2.75, 3.05) is 18.5 Å². The van der Waals surface area contributed by atoms with Crippen molar-refractivity contribution in [1.82, 2.24) is 0 Å². The molecular weight excluding hydrogens is 264 g/mol. The molecule has 1 aromatic rings. The molecule has 0 heterocycles. The Labute approximate surface area is 117 Å².